The number of amides is 1. The molecule has 0 aliphatic carbocycles. The molecule has 2 heterocycles. The first-order valence-corrected chi connectivity index (χ1v) is 7.91. The van der Waals surface area contributed by atoms with Crippen molar-refractivity contribution in [3.8, 4) is 0 Å². The Morgan fingerprint density at radius 1 is 1.21 bits per heavy atom. The van der Waals surface area contributed by atoms with Crippen molar-refractivity contribution < 1.29 is 9.32 Å². The number of rotatable bonds is 4. The van der Waals surface area contributed by atoms with Crippen LogP contribution in [0.2, 0.25) is 0 Å². The first kappa shape index (κ1) is 16.1. The van der Waals surface area contributed by atoms with E-state index in [-0.39, 0.29) is 17.5 Å². The number of nitrogens with zero attached hydrogens (tertiary/aromatic N) is 3. The summed E-state index contributed by atoms with van der Waals surface area (Å²) in [7, 11) is 0. The summed E-state index contributed by atoms with van der Waals surface area (Å²) >= 11 is 3.43. The molecule has 0 aliphatic heterocycles. The molecular formula is C16H14BrN5O2. The van der Waals surface area contributed by atoms with Gasteiger partial charge in [0, 0.05) is 22.4 Å². The molecule has 0 spiro atoms. The number of anilines is 3. The molecule has 0 radical (unpaired) electrons. The number of carbonyl (C=O) groups is 1. The van der Waals surface area contributed by atoms with Gasteiger partial charge in [0.1, 0.15) is 11.5 Å². The van der Waals surface area contributed by atoms with Crippen LogP contribution in [0.1, 0.15) is 21.8 Å². The zero-order chi connectivity index (χ0) is 17.1. The molecule has 1 amide bonds. The number of halogens is 1. The van der Waals surface area contributed by atoms with Crippen LogP contribution in [0.3, 0.4) is 0 Å². The van der Waals surface area contributed by atoms with Gasteiger partial charge in [-0.2, -0.15) is 0 Å². The largest absolute Gasteiger partial charge is 0.360 e. The van der Waals surface area contributed by atoms with E-state index >= 15 is 0 Å². The molecule has 0 saturated heterocycles. The summed E-state index contributed by atoms with van der Waals surface area (Å²) in [4.78, 5) is 20.6. The van der Waals surface area contributed by atoms with Crippen LogP contribution in [0, 0.1) is 13.8 Å². The van der Waals surface area contributed by atoms with Gasteiger partial charge in [-0.1, -0.05) is 21.1 Å². The standard InChI is InChI=1S/C16H14BrN5O2/c1-9-7-11(3-4-12(9)17)19-15(23)13-5-6-18-16(20-13)21-14-8-10(2)24-22-14/h3-8H,1-2H3,(H,19,23)(H,18,20,21,22). The Kier molecular flexibility index (Phi) is 4.57. The van der Waals surface area contributed by atoms with Crippen LogP contribution in [0.25, 0.3) is 0 Å². The smallest absolute Gasteiger partial charge is 0.274 e. The number of hydrogen-bond acceptors (Lipinski definition) is 6. The van der Waals surface area contributed by atoms with Gasteiger partial charge in [-0.25, -0.2) is 9.97 Å². The summed E-state index contributed by atoms with van der Waals surface area (Å²) < 4.78 is 5.95. The molecule has 0 bridgehead atoms. The van der Waals surface area contributed by atoms with Gasteiger partial charge >= 0.3 is 0 Å². The van der Waals surface area contributed by atoms with Gasteiger partial charge < -0.3 is 15.2 Å². The molecule has 0 aliphatic rings. The predicted molar refractivity (Wildman–Crippen MR) is 93.4 cm³/mol. The van der Waals surface area contributed by atoms with Crippen LogP contribution < -0.4 is 10.6 Å². The molecule has 0 atom stereocenters. The van der Waals surface area contributed by atoms with E-state index in [0.717, 1.165) is 10.0 Å². The zero-order valence-electron chi connectivity index (χ0n) is 13.0. The van der Waals surface area contributed by atoms with Crippen LogP contribution in [-0.4, -0.2) is 21.0 Å². The Morgan fingerprint density at radius 3 is 2.75 bits per heavy atom. The van der Waals surface area contributed by atoms with E-state index in [1.165, 1.54) is 6.20 Å². The lowest BCUT2D eigenvalue weighted by atomic mass is 10.2. The normalized spacial score (nSPS) is 10.5. The topological polar surface area (TPSA) is 92.9 Å². The Hall–Kier alpha value is -2.74. The maximum atomic E-state index is 12.3. The van der Waals surface area contributed by atoms with E-state index < -0.39 is 0 Å². The molecule has 0 saturated carbocycles. The highest BCUT2D eigenvalue weighted by Crippen LogP contribution is 2.20. The van der Waals surface area contributed by atoms with Gasteiger partial charge in [-0.05, 0) is 43.7 Å². The van der Waals surface area contributed by atoms with Crippen molar-refractivity contribution in [1.82, 2.24) is 15.1 Å². The number of carbonyl (C=O) groups excluding carboxylic acids is 1. The van der Waals surface area contributed by atoms with Gasteiger partial charge in [0.25, 0.3) is 5.91 Å². The fourth-order valence-corrected chi connectivity index (χ4v) is 2.25. The number of benzene rings is 1. The van der Waals surface area contributed by atoms with Crippen molar-refractivity contribution in [1.29, 1.82) is 0 Å². The second-order valence-corrected chi connectivity index (χ2v) is 5.99. The van der Waals surface area contributed by atoms with E-state index in [0.29, 0.717) is 17.3 Å². The second kappa shape index (κ2) is 6.79. The van der Waals surface area contributed by atoms with Gasteiger partial charge in [-0.15, -0.1) is 0 Å². The summed E-state index contributed by atoms with van der Waals surface area (Å²) in [5, 5.41) is 9.50. The third-order valence-corrected chi connectivity index (χ3v) is 4.06. The fourth-order valence-electron chi connectivity index (χ4n) is 2.00. The third-order valence-electron chi connectivity index (χ3n) is 3.17. The molecule has 8 heteroatoms. The zero-order valence-corrected chi connectivity index (χ0v) is 14.6. The lowest BCUT2D eigenvalue weighted by Crippen LogP contribution is -2.14. The summed E-state index contributed by atoms with van der Waals surface area (Å²) in [5.41, 5.74) is 1.97. The SMILES string of the molecule is Cc1cc(Nc2nccc(C(=O)Nc3ccc(Br)c(C)c3)n2)no1. The number of aromatic nitrogens is 3. The van der Waals surface area contributed by atoms with Crippen LogP contribution in [-0.2, 0) is 0 Å². The van der Waals surface area contributed by atoms with Crippen molar-refractivity contribution >= 4 is 39.3 Å². The minimum absolute atomic E-state index is 0.244. The first-order chi connectivity index (χ1) is 11.5. The third kappa shape index (κ3) is 3.77. The van der Waals surface area contributed by atoms with Gasteiger partial charge in [0.15, 0.2) is 5.82 Å². The molecule has 0 fully saturated rings. The van der Waals surface area contributed by atoms with Crippen molar-refractivity contribution in [3.05, 3.63) is 58.0 Å². The second-order valence-electron chi connectivity index (χ2n) is 5.13. The summed E-state index contributed by atoms with van der Waals surface area (Å²) in [5.74, 6) is 1.09. The average Bonchev–Trinajstić information content (AvgIpc) is 2.96. The number of hydrogen-bond donors (Lipinski definition) is 2. The summed E-state index contributed by atoms with van der Waals surface area (Å²) in [6, 6.07) is 8.82. The Bertz CT molecular complexity index is 894. The molecule has 1 aromatic carbocycles. The van der Waals surface area contributed by atoms with Crippen molar-refractivity contribution in [2.75, 3.05) is 10.6 Å². The molecule has 2 N–H and O–H groups in total. The summed E-state index contributed by atoms with van der Waals surface area (Å²) in [6.07, 6.45) is 1.50. The molecule has 7 nitrogen and oxygen atoms in total. The van der Waals surface area contributed by atoms with E-state index in [9.17, 15) is 4.79 Å². The predicted octanol–water partition coefficient (Wildman–Crippen LogP) is 3.84. The lowest BCUT2D eigenvalue weighted by molar-refractivity contribution is 0.102. The monoisotopic (exact) mass is 387 g/mol. The maximum Gasteiger partial charge on any atom is 0.274 e. The highest BCUT2D eigenvalue weighted by Gasteiger charge is 2.11. The molecule has 122 valence electrons. The van der Waals surface area contributed by atoms with E-state index in [2.05, 4.69) is 41.7 Å². The fraction of sp³-hybridized carbons (Fsp3) is 0.125. The van der Waals surface area contributed by atoms with Crippen molar-refractivity contribution in [2.45, 2.75) is 13.8 Å². The molecule has 24 heavy (non-hydrogen) atoms. The minimum Gasteiger partial charge on any atom is -0.360 e. The van der Waals surface area contributed by atoms with E-state index in [1.54, 1.807) is 19.1 Å². The molecular weight excluding hydrogens is 374 g/mol. The highest BCUT2D eigenvalue weighted by molar-refractivity contribution is 9.10. The summed E-state index contributed by atoms with van der Waals surface area (Å²) in [6.45, 7) is 3.73. The molecule has 0 unspecified atom stereocenters. The van der Waals surface area contributed by atoms with Crippen LogP contribution in [0.5, 0.6) is 0 Å². The Labute approximate surface area is 146 Å². The number of aryl methyl sites for hydroxylation is 2. The van der Waals surface area contributed by atoms with Gasteiger partial charge in [0.05, 0.1) is 0 Å². The quantitative estimate of drug-likeness (QED) is 0.706. The van der Waals surface area contributed by atoms with Crippen molar-refractivity contribution in [3.63, 3.8) is 0 Å². The molecule has 3 aromatic rings. The van der Waals surface area contributed by atoms with E-state index in [4.69, 9.17) is 4.52 Å². The Morgan fingerprint density at radius 2 is 2.04 bits per heavy atom. The minimum atomic E-state index is -0.321. The van der Waals surface area contributed by atoms with Crippen molar-refractivity contribution in [2.24, 2.45) is 0 Å². The maximum absolute atomic E-state index is 12.3. The molecule has 2 aromatic heterocycles. The van der Waals surface area contributed by atoms with Gasteiger partial charge in [-0.3, -0.25) is 4.79 Å². The number of nitrogens with one attached hydrogen (secondary N) is 2. The van der Waals surface area contributed by atoms with Crippen LogP contribution >= 0.6 is 15.9 Å². The lowest BCUT2D eigenvalue weighted by Gasteiger charge is -2.07. The Balaban J connectivity index is 1.75. The average molecular weight is 388 g/mol. The highest BCUT2D eigenvalue weighted by atomic mass is 79.9. The van der Waals surface area contributed by atoms with Crippen LogP contribution in [0.4, 0.5) is 17.5 Å². The first-order valence-electron chi connectivity index (χ1n) is 7.12. The van der Waals surface area contributed by atoms with E-state index in [1.807, 2.05) is 25.1 Å². The molecule has 3 rings (SSSR count). The van der Waals surface area contributed by atoms with Crippen LogP contribution in [0.15, 0.2) is 45.5 Å². The van der Waals surface area contributed by atoms with Gasteiger partial charge in [0.2, 0.25) is 5.95 Å².